The van der Waals surface area contributed by atoms with Crippen LogP contribution in [0.15, 0.2) is 48.5 Å². The maximum atomic E-state index is 14.2. The normalized spacial score (nSPS) is 23.3. The standard InChI is InChI=1S/C22H29ClFNO5S.C6H5Cl/c1-21(2,3)31(29)12-18(13-5-6-13)25-17(14-7-8-15(23)16(24)9-14)11-30-22(4,20(25)28)10-19(26)27;7-6-4-2-1-3-5-6/h7-9,13,17-18H,5-6,10-12H2,1-4H3,(H,26,27);1-5H/t17-,18?,22+,31?;/m0./s1. The molecular formula is C28H34Cl2FNO5S. The van der Waals surface area contributed by atoms with Gasteiger partial charge in [0.2, 0.25) is 0 Å². The number of amides is 1. The summed E-state index contributed by atoms with van der Waals surface area (Å²) in [6.45, 7) is 7.14. The topological polar surface area (TPSA) is 83.9 Å². The van der Waals surface area contributed by atoms with Gasteiger partial charge in [-0.3, -0.25) is 13.8 Å². The number of aliphatic carboxylic acids is 1. The SMILES string of the molecule is CC(C)(C)S(=O)CC(C1CC1)N1C(=O)[C@@](C)(CC(=O)O)OC[C@H]1c1ccc(Cl)c(F)c1.Clc1ccccc1. The number of nitrogens with zero attached hydrogens (tertiary/aromatic N) is 1. The van der Waals surface area contributed by atoms with Crippen molar-refractivity contribution >= 4 is 45.9 Å². The van der Waals surface area contributed by atoms with E-state index in [-0.39, 0.29) is 29.3 Å². The van der Waals surface area contributed by atoms with Crippen LogP contribution in [0.4, 0.5) is 4.39 Å². The minimum atomic E-state index is -1.54. The van der Waals surface area contributed by atoms with Gasteiger partial charge in [0.15, 0.2) is 5.60 Å². The largest absolute Gasteiger partial charge is 0.481 e. The molecule has 1 aliphatic carbocycles. The molecule has 2 aromatic carbocycles. The van der Waals surface area contributed by atoms with Crippen molar-refractivity contribution in [3.05, 3.63) is 70.0 Å². The Morgan fingerprint density at radius 2 is 1.84 bits per heavy atom. The first-order valence-corrected chi connectivity index (χ1v) is 14.5. The van der Waals surface area contributed by atoms with E-state index in [0.29, 0.717) is 5.56 Å². The maximum Gasteiger partial charge on any atom is 0.306 e. The highest BCUT2D eigenvalue weighted by atomic mass is 35.5. The quantitative estimate of drug-likeness (QED) is 0.413. The van der Waals surface area contributed by atoms with E-state index in [4.69, 9.17) is 27.9 Å². The molecule has 0 spiro atoms. The summed E-state index contributed by atoms with van der Waals surface area (Å²) in [6, 6.07) is 12.8. The molecule has 208 valence electrons. The number of morpholine rings is 1. The Balaban J connectivity index is 0.000000494. The van der Waals surface area contributed by atoms with Gasteiger partial charge in [0.05, 0.1) is 24.1 Å². The Bertz CT molecular complexity index is 1170. The van der Waals surface area contributed by atoms with Crippen LogP contribution in [0.2, 0.25) is 10.0 Å². The van der Waals surface area contributed by atoms with Crippen LogP contribution in [0.3, 0.4) is 0 Å². The van der Waals surface area contributed by atoms with E-state index in [0.717, 1.165) is 17.9 Å². The molecule has 0 aromatic heterocycles. The van der Waals surface area contributed by atoms with Gasteiger partial charge in [0.25, 0.3) is 5.91 Å². The summed E-state index contributed by atoms with van der Waals surface area (Å²) >= 11 is 11.4. The van der Waals surface area contributed by atoms with Gasteiger partial charge in [0, 0.05) is 32.4 Å². The molecular weight excluding hydrogens is 552 g/mol. The Morgan fingerprint density at radius 1 is 1.21 bits per heavy atom. The van der Waals surface area contributed by atoms with Crippen molar-refractivity contribution in [3.63, 3.8) is 0 Å². The highest BCUT2D eigenvalue weighted by molar-refractivity contribution is 7.86. The van der Waals surface area contributed by atoms with Gasteiger partial charge in [-0.25, -0.2) is 4.39 Å². The molecule has 0 radical (unpaired) electrons. The average molecular weight is 587 g/mol. The fourth-order valence-electron chi connectivity index (χ4n) is 4.34. The molecule has 0 bridgehead atoms. The first-order chi connectivity index (χ1) is 17.7. The van der Waals surface area contributed by atoms with Gasteiger partial charge in [-0.05, 0) is 76.3 Å². The number of ether oxygens (including phenoxy) is 1. The molecule has 10 heteroatoms. The van der Waals surface area contributed by atoms with Gasteiger partial charge < -0.3 is 14.7 Å². The summed E-state index contributed by atoms with van der Waals surface area (Å²) in [4.78, 5) is 26.7. The Labute approximate surface area is 235 Å². The molecule has 4 atom stereocenters. The number of rotatable bonds is 7. The van der Waals surface area contributed by atoms with Gasteiger partial charge in [-0.1, -0.05) is 47.5 Å². The summed E-state index contributed by atoms with van der Waals surface area (Å²) in [5, 5.41) is 10.1. The number of carbonyl (C=O) groups excluding carboxylic acids is 1. The summed E-state index contributed by atoms with van der Waals surface area (Å²) in [6.07, 6.45) is 1.31. The first kappa shape index (κ1) is 30.5. The molecule has 1 saturated heterocycles. The average Bonchev–Trinajstić information content (AvgIpc) is 3.67. The molecule has 2 aromatic rings. The van der Waals surface area contributed by atoms with Crippen molar-refractivity contribution < 1.29 is 28.0 Å². The number of carboxylic acid groups (broad SMARTS) is 1. The van der Waals surface area contributed by atoms with E-state index in [2.05, 4.69) is 0 Å². The van der Waals surface area contributed by atoms with Crippen LogP contribution in [0.1, 0.15) is 58.6 Å². The summed E-state index contributed by atoms with van der Waals surface area (Å²) in [5.41, 5.74) is -1.02. The van der Waals surface area contributed by atoms with Crippen LogP contribution < -0.4 is 0 Å². The molecule has 1 saturated carbocycles. The van der Waals surface area contributed by atoms with Crippen molar-refractivity contribution in [2.45, 2.75) is 69.4 Å². The molecule has 1 amide bonds. The predicted octanol–water partition coefficient (Wildman–Crippen LogP) is 6.28. The molecule has 2 unspecified atom stereocenters. The van der Waals surface area contributed by atoms with E-state index < -0.39 is 51.3 Å². The number of carboxylic acids is 1. The summed E-state index contributed by atoms with van der Waals surface area (Å²) < 4.78 is 32.5. The van der Waals surface area contributed by atoms with Crippen LogP contribution in [0.25, 0.3) is 0 Å². The third-order valence-electron chi connectivity index (χ3n) is 6.66. The second kappa shape index (κ2) is 12.5. The van der Waals surface area contributed by atoms with E-state index in [9.17, 15) is 23.3 Å². The number of hydrogen-bond acceptors (Lipinski definition) is 4. The van der Waals surface area contributed by atoms with Crippen LogP contribution in [-0.2, 0) is 25.1 Å². The van der Waals surface area contributed by atoms with Crippen LogP contribution in [0, 0.1) is 11.7 Å². The molecule has 4 rings (SSSR count). The lowest BCUT2D eigenvalue weighted by Crippen LogP contribution is -2.61. The van der Waals surface area contributed by atoms with Crippen LogP contribution >= 0.6 is 23.2 Å². The lowest BCUT2D eigenvalue weighted by molar-refractivity contribution is -0.187. The van der Waals surface area contributed by atoms with Gasteiger partial charge in [0.1, 0.15) is 5.82 Å². The number of benzene rings is 2. The van der Waals surface area contributed by atoms with Crippen molar-refractivity contribution in [1.29, 1.82) is 0 Å². The number of halogens is 3. The number of hydrogen-bond donors (Lipinski definition) is 1. The van der Waals surface area contributed by atoms with Gasteiger partial charge in [-0.15, -0.1) is 0 Å². The van der Waals surface area contributed by atoms with E-state index in [1.807, 2.05) is 51.1 Å². The highest BCUT2D eigenvalue weighted by Gasteiger charge is 2.52. The van der Waals surface area contributed by atoms with Crippen molar-refractivity contribution in [2.75, 3.05) is 12.4 Å². The molecule has 2 fully saturated rings. The van der Waals surface area contributed by atoms with Crippen molar-refractivity contribution in [3.8, 4) is 0 Å². The molecule has 1 aliphatic heterocycles. The Morgan fingerprint density at radius 3 is 2.32 bits per heavy atom. The van der Waals surface area contributed by atoms with E-state index in [1.165, 1.54) is 19.1 Å². The summed E-state index contributed by atoms with van der Waals surface area (Å²) in [5.74, 6) is -1.78. The lowest BCUT2D eigenvalue weighted by Gasteiger charge is -2.48. The third kappa shape index (κ3) is 7.78. The van der Waals surface area contributed by atoms with Crippen molar-refractivity contribution in [1.82, 2.24) is 4.90 Å². The number of carbonyl (C=O) groups is 2. The smallest absolute Gasteiger partial charge is 0.306 e. The minimum absolute atomic E-state index is 0.0158. The Hall–Kier alpha value is -2.00. The zero-order valence-corrected chi connectivity index (χ0v) is 24.3. The monoisotopic (exact) mass is 585 g/mol. The first-order valence-electron chi connectivity index (χ1n) is 12.5. The van der Waals surface area contributed by atoms with E-state index >= 15 is 0 Å². The van der Waals surface area contributed by atoms with Crippen molar-refractivity contribution in [2.24, 2.45) is 5.92 Å². The fourth-order valence-corrected chi connectivity index (χ4v) is 5.84. The maximum absolute atomic E-state index is 14.2. The molecule has 1 N–H and O–H groups in total. The Kier molecular flexibility index (Phi) is 10.0. The fraction of sp³-hybridized carbons (Fsp3) is 0.500. The predicted molar refractivity (Wildman–Crippen MR) is 148 cm³/mol. The molecule has 1 heterocycles. The summed E-state index contributed by atoms with van der Waals surface area (Å²) in [7, 11) is -1.23. The minimum Gasteiger partial charge on any atom is -0.481 e. The second-order valence-corrected chi connectivity index (χ2v) is 13.9. The van der Waals surface area contributed by atoms with E-state index in [1.54, 1.807) is 11.0 Å². The highest BCUT2D eigenvalue weighted by Crippen LogP contribution is 2.43. The molecule has 2 aliphatic rings. The molecule has 38 heavy (non-hydrogen) atoms. The zero-order chi connectivity index (χ0) is 28.3. The van der Waals surface area contributed by atoms with Gasteiger partial charge >= 0.3 is 5.97 Å². The third-order valence-corrected chi connectivity index (χ3v) is 9.23. The second-order valence-electron chi connectivity index (χ2n) is 10.8. The zero-order valence-electron chi connectivity index (χ0n) is 22.0. The molecule has 6 nitrogen and oxygen atoms in total. The van der Waals surface area contributed by atoms with Gasteiger partial charge in [-0.2, -0.15) is 0 Å². The van der Waals surface area contributed by atoms with Crippen LogP contribution in [0.5, 0.6) is 0 Å². The van der Waals surface area contributed by atoms with Crippen LogP contribution in [-0.4, -0.2) is 54.8 Å². The lowest BCUT2D eigenvalue weighted by atomic mass is 9.92.